The van der Waals surface area contributed by atoms with Crippen LogP contribution in [0.5, 0.6) is 0 Å². The van der Waals surface area contributed by atoms with Crippen LogP contribution in [0.15, 0.2) is 77.8 Å². The number of allylic oxidation sites excluding steroid dienone is 1. The monoisotopic (exact) mass is 420 g/mol. The van der Waals surface area contributed by atoms with Crippen LogP contribution in [0.25, 0.3) is 10.8 Å². The lowest BCUT2D eigenvalue weighted by molar-refractivity contribution is 0.682. The lowest BCUT2D eigenvalue weighted by Gasteiger charge is -2.30. The van der Waals surface area contributed by atoms with E-state index in [2.05, 4.69) is 56.5 Å². The summed E-state index contributed by atoms with van der Waals surface area (Å²) in [7, 11) is -1.40. The van der Waals surface area contributed by atoms with Crippen molar-refractivity contribution in [3.8, 4) is 0 Å². The zero-order chi connectivity index (χ0) is 21.7. The van der Waals surface area contributed by atoms with Crippen molar-refractivity contribution in [1.29, 1.82) is 0 Å². The van der Waals surface area contributed by atoms with Crippen molar-refractivity contribution in [2.45, 2.75) is 45.4 Å². The van der Waals surface area contributed by atoms with E-state index in [9.17, 15) is 4.21 Å². The molecule has 0 amide bonds. The smallest absolute Gasteiger partial charge is 0.157 e. The van der Waals surface area contributed by atoms with Crippen molar-refractivity contribution in [2.24, 2.45) is 0 Å². The van der Waals surface area contributed by atoms with Gasteiger partial charge in [0, 0.05) is 24.5 Å². The van der Waals surface area contributed by atoms with Gasteiger partial charge in [-0.3, -0.25) is 4.31 Å². The van der Waals surface area contributed by atoms with E-state index in [0.717, 1.165) is 58.5 Å². The second-order valence-corrected chi connectivity index (χ2v) is 8.97. The third-order valence-corrected chi connectivity index (χ3v) is 6.85. The molecule has 1 unspecified atom stereocenters. The number of benzene rings is 3. The van der Waals surface area contributed by atoms with Crippen molar-refractivity contribution in [1.82, 2.24) is 0 Å². The molecule has 3 nitrogen and oxygen atoms in total. The van der Waals surface area contributed by atoms with Gasteiger partial charge >= 0.3 is 0 Å². The highest BCUT2D eigenvalue weighted by Crippen LogP contribution is 2.35. The van der Waals surface area contributed by atoms with E-state index in [1.165, 1.54) is 5.69 Å². The zero-order valence-electron chi connectivity index (χ0n) is 18.5. The summed E-state index contributed by atoms with van der Waals surface area (Å²) in [5.41, 5.74) is 4.05. The van der Waals surface area contributed by atoms with Crippen LogP contribution in [0.4, 0.5) is 11.4 Å². The van der Waals surface area contributed by atoms with Gasteiger partial charge in [0.05, 0.1) is 10.6 Å². The van der Waals surface area contributed by atoms with Gasteiger partial charge in [0.25, 0.3) is 0 Å². The fourth-order valence-electron chi connectivity index (χ4n) is 3.95. The van der Waals surface area contributed by atoms with Gasteiger partial charge in [-0.1, -0.05) is 62.9 Å². The van der Waals surface area contributed by atoms with Crippen LogP contribution in [0.2, 0.25) is 0 Å². The van der Waals surface area contributed by atoms with Gasteiger partial charge in [0.2, 0.25) is 0 Å². The molecule has 4 heteroatoms. The summed E-state index contributed by atoms with van der Waals surface area (Å²) in [5.74, 6) is 0. The van der Waals surface area contributed by atoms with Crippen LogP contribution in [0.1, 0.15) is 39.2 Å². The van der Waals surface area contributed by atoms with E-state index >= 15 is 0 Å². The third kappa shape index (κ3) is 4.44. The van der Waals surface area contributed by atoms with Crippen LogP contribution < -0.4 is 9.21 Å². The van der Waals surface area contributed by atoms with Gasteiger partial charge < -0.3 is 4.90 Å². The fourth-order valence-corrected chi connectivity index (χ4v) is 5.37. The molecule has 0 heterocycles. The second kappa shape index (κ2) is 9.94. The van der Waals surface area contributed by atoms with Crippen LogP contribution >= 0.6 is 0 Å². The molecule has 0 radical (unpaired) electrons. The molecular weight excluding hydrogens is 388 g/mol. The highest BCUT2D eigenvalue weighted by molar-refractivity contribution is 7.87. The van der Waals surface area contributed by atoms with Crippen LogP contribution in [0.3, 0.4) is 0 Å². The first-order valence-corrected chi connectivity index (χ1v) is 11.8. The first-order valence-electron chi connectivity index (χ1n) is 10.7. The number of hydrogen-bond donors (Lipinski definition) is 0. The standard InChI is InChI=1S/C26H32N2OS/c1-6-18-27(19-7-2)24-15-11-16-25(21(24)5)28(20(3)4)30(29)26-17-10-13-22-12-8-9-14-23(22)26/h8-17H,3,6-7,18-19H2,1-2,4-5H3. The molecule has 0 saturated carbocycles. The molecule has 0 saturated heterocycles. The van der Waals surface area contributed by atoms with Crippen molar-refractivity contribution >= 4 is 33.1 Å². The van der Waals surface area contributed by atoms with E-state index in [1.807, 2.05) is 47.6 Å². The summed E-state index contributed by atoms with van der Waals surface area (Å²) >= 11 is 0. The zero-order valence-corrected chi connectivity index (χ0v) is 19.3. The highest BCUT2D eigenvalue weighted by atomic mass is 32.2. The number of fused-ring (bicyclic) bond motifs is 1. The average molecular weight is 421 g/mol. The van der Waals surface area contributed by atoms with Crippen molar-refractivity contribution in [2.75, 3.05) is 22.3 Å². The van der Waals surface area contributed by atoms with E-state index in [1.54, 1.807) is 0 Å². The van der Waals surface area contributed by atoms with Crippen LogP contribution in [0, 0.1) is 6.92 Å². The number of nitrogens with zero attached hydrogens (tertiary/aromatic N) is 2. The van der Waals surface area contributed by atoms with Gasteiger partial charge in [0.15, 0.2) is 11.0 Å². The Hall–Kier alpha value is -2.59. The number of rotatable bonds is 9. The summed E-state index contributed by atoms with van der Waals surface area (Å²) in [6, 6.07) is 20.4. The quantitative estimate of drug-likeness (QED) is 0.378. The highest BCUT2D eigenvalue weighted by Gasteiger charge is 2.22. The molecule has 0 N–H and O–H groups in total. The predicted octanol–water partition coefficient (Wildman–Crippen LogP) is 6.84. The SMILES string of the molecule is C=C(C)N(c1cccc(N(CCC)CCC)c1C)S(=O)c1cccc2ccccc12. The molecular formula is C26H32N2OS. The van der Waals surface area contributed by atoms with E-state index < -0.39 is 11.0 Å². The van der Waals surface area contributed by atoms with Gasteiger partial charge in [-0.25, -0.2) is 4.21 Å². The first-order chi connectivity index (χ1) is 14.5. The van der Waals surface area contributed by atoms with E-state index in [-0.39, 0.29) is 0 Å². The molecule has 0 aliphatic carbocycles. The minimum atomic E-state index is -1.40. The fraction of sp³-hybridized carbons (Fsp3) is 0.308. The molecule has 0 aliphatic heterocycles. The molecule has 0 bridgehead atoms. The molecule has 0 spiro atoms. The number of hydrogen-bond acceptors (Lipinski definition) is 2. The maximum atomic E-state index is 13.8. The maximum Gasteiger partial charge on any atom is 0.157 e. The molecule has 30 heavy (non-hydrogen) atoms. The Bertz CT molecular complexity index is 1050. The first kappa shape index (κ1) is 22.1. The Morgan fingerprint density at radius 2 is 1.50 bits per heavy atom. The molecule has 158 valence electrons. The van der Waals surface area contributed by atoms with Crippen molar-refractivity contribution in [3.63, 3.8) is 0 Å². The minimum absolute atomic E-state index is 0.763. The Balaban J connectivity index is 2.10. The van der Waals surface area contributed by atoms with Crippen molar-refractivity contribution < 1.29 is 4.21 Å². The van der Waals surface area contributed by atoms with Crippen LogP contribution in [-0.2, 0) is 11.0 Å². The lowest BCUT2D eigenvalue weighted by atomic mass is 10.1. The molecule has 0 fully saturated rings. The Morgan fingerprint density at radius 1 is 0.900 bits per heavy atom. The molecule has 0 aliphatic rings. The lowest BCUT2D eigenvalue weighted by Crippen LogP contribution is -2.28. The van der Waals surface area contributed by atoms with Gasteiger partial charge in [-0.15, -0.1) is 0 Å². The average Bonchev–Trinajstić information content (AvgIpc) is 2.74. The largest absolute Gasteiger partial charge is 0.371 e. The molecule has 0 aromatic heterocycles. The van der Waals surface area contributed by atoms with E-state index in [0.29, 0.717) is 0 Å². The maximum absolute atomic E-state index is 13.8. The summed E-state index contributed by atoms with van der Waals surface area (Å²) in [5, 5.41) is 2.10. The Labute approximate surface area is 183 Å². The molecule has 1 atom stereocenters. The summed E-state index contributed by atoms with van der Waals surface area (Å²) < 4.78 is 15.7. The normalized spacial score (nSPS) is 12.0. The van der Waals surface area contributed by atoms with Gasteiger partial charge in [0.1, 0.15) is 0 Å². The predicted molar refractivity (Wildman–Crippen MR) is 132 cm³/mol. The molecule has 3 aromatic rings. The van der Waals surface area contributed by atoms with Gasteiger partial charge in [-0.05, 0) is 61.2 Å². The summed E-state index contributed by atoms with van der Waals surface area (Å²) in [4.78, 5) is 3.23. The Kier molecular flexibility index (Phi) is 7.33. The van der Waals surface area contributed by atoms with Gasteiger partial charge in [-0.2, -0.15) is 0 Å². The minimum Gasteiger partial charge on any atom is -0.371 e. The molecule has 3 aromatic carbocycles. The molecule has 3 rings (SSSR count). The number of anilines is 2. The van der Waals surface area contributed by atoms with E-state index in [4.69, 9.17) is 0 Å². The Morgan fingerprint density at radius 3 is 2.17 bits per heavy atom. The third-order valence-electron chi connectivity index (χ3n) is 5.27. The van der Waals surface area contributed by atoms with Crippen LogP contribution in [-0.4, -0.2) is 17.3 Å². The second-order valence-electron chi connectivity index (χ2n) is 7.66. The summed E-state index contributed by atoms with van der Waals surface area (Å²) in [6.07, 6.45) is 2.19. The summed E-state index contributed by atoms with van der Waals surface area (Å²) in [6.45, 7) is 14.6. The van der Waals surface area contributed by atoms with Crippen molar-refractivity contribution in [3.05, 3.63) is 78.5 Å². The topological polar surface area (TPSA) is 23.6 Å².